The summed E-state index contributed by atoms with van der Waals surface area (Å²) in [4.78, 5) is 0. The minimum absolute atomic E-state index is 0.991. The molecule has 0 aliphatic heterocycles. The van der Waals surface area contributed by atoms with Gasteiger partial charge in [0.25, 0.3) is 0 Å². The Morgan fingerprint density at radius 3 is 2.17 bits per heavy atom. The predicted octanol–water partition coefficient (Wildman–Crippen LogP) is 4.30. The van der Waals surface area contributed by atoms with E-state index in [0.717, 1.165) is 11.7 Å². The molecule has 0 amide bonds. The molecule has 0 aromatic carbocycles. The van der Waals surface area contributed by atoms with Crippen molar-refractivity contribution in [2.24, 2.45) is 5.92 Å². The van der Waals surface area contributed by atoms with Crippen LogP contribution in [0, 0.1) is 5.92 Å². The molecule has 0 aromatic rings. The van der Waals surface area contributed by atoms with Gasteiger partial charge in [-0.3, -0.25) is 0 Å². The smallest absolute Gasteiger partial charge is 0.00979 e. The van der Waals surface area contributed by atoms with Crippen molar-refractivity contribution in [3.05, 3.63) is 0 Å². The fourth-order valence-electron chi connectivity index (χ4n) is 1.59. The summed E-state index contributed by atoms with van der Waals surface area (Å²) in [6.07, 6.45) is 9.68. The van der Waals surface area contributed by atoms with E-state index in [1.54, 1.807) is 0 Å². The molecule has 0 spiro atoms. The second-order valence-corrected chi connectivity index (χ2v) is 4.08. The van der Waals surface area contributed by atoms with Crippen LogP contribution in [0.4, 0.5) is 0 Å². The number of hydrogen-bond donors (Lipinski definition) is 1. The largest absolute Gasteiger partial charge is 0.179 e. The van der Waals surface area contributed by atoms with Crippen molar-refractivity contribution in [2.75, 3.05) is 5.75 Å². The van der Waals surface area contributed by atoms with Crippen LogP contribution in [-0.2, 0) is 0 Å². The fourth-order valence-corrected chi connectivity index (χ4v) is 1.81. The quantitative estimate of drug-likeness (QED) is 0.426. The number of hydrogen-bond acceptors (Lipinski definition) is 1. The maximum absolute atomic E-state index is 4.22. The molecule has 12 heavy (non-hydrogen) atoms. The molecule has 0 heterocycles. The van der Waals surface area contributed by atoms with Gasteiger partial charge < -0.3 is 0 Å². The van der Waals surface area contributed by atoms with Crippen molar-refractivity contribution in [1.82, 2.24) is 0 Å². The van der Waals surface area contributed by atoms with E-state index < -0.39 is 0 Å². The second-order valence-electron chi connectivity index (χ2n) is 3.64. The van der Waals surface area contributed by atoms with E-state index in [1.807, 2.05) is 0 Å². The molecule has 0 aliphatic rings. The molecule has 0 radical (unpaired) electrons. The van der Waals surface area contributed by atoms with Crippen LogP contribution in [0.25, 0.3) is 0 Å². The number of thiol groups is 1. The minimum Gasteiger partial charge on any atom is -0.179 e. The van der Waals surface area contributed by atoms with Crippen LogP contribution in [0.2, 0.25) is 0 Å². The topological polar surface area (TPSA) is 0 Å². The van der Waals surface area contributed by atoms with Crippen LogP contribution in [0.3, 0.4) is 0 Å². The van der Waals surface area contributed by atoms with Crippen molar-refractivity contribution in [2.45, 2.75) is 58.8 Å². The molecule has 0 nitrogen and oxygen atoms in total. The van der Waals surface area contributed by atoms with E-state index in [1.165, 1.54) is 44.9 Å². The number of rotatable bonds is 8. The molecule has 0 N–H and O–H groups in total. The van der Waals surface area contributed by atoms with Gasteiger partial charge in [0.1, 0.15) is 0 Å². The average molecular weight is 188 g/mol. The molecule has 1 atom stereocenters. The van der Waals surface area contributed by atoms with E-state index in [0.29, 0.717) is 0 Å². The second kappa shape index (κ2) is 9.44. The molecule has 0 fully saturated rings. The molecule has 0 rings (SSSR count). The summed E-state index contributed by atoms with van der Waals surface area (Å²) in [7, 11) is 0. The summed E-state index contributed by atoms with van der Waals surface area (Å²) in [6, 6.07) is 0. The average Bonchev–Trinajstić information content (AvgIpc) is 2.11. The zero-order valence-corrected chi connectivity index (χ0v) is 9.58. The van der Waals surface area contributed by atoms with Crippen molar-refractivity contribution < 1.29 is 0 Å². The lowest BCUT2D eigenvalue weighted by Crippen LogP contribution is -1.98. The highest BCUT2D eigenvalue weighted by Crippen LogP contribution is 2.19. The highest BCUT2D eigenvalue weighted by atomic mass is 32.1. The summed E-state index contributed by atoms with van der Waals surface area (Å²) < 4.78 is 0. The van der Waals surface area contributed by atoms with Gasteiger partial charge in [-0.2, -0.15) is 12.6 Å². The predicted molar refractivity (Wildman–Crippen MR) is 61.0 cm³/mol. The Kier molecular flexibility index (Phi) is 9.71. The van der Waals surface area contributed by atoms with Crippen LogP contribution in [0.15, 0.2) is 0 Å². The lowest BCUT2D eigenvalue weighted by Gasteiger charge is -2.13. The molecule has 0 saturated carbocycles. The van der Waals surface area contributed by atoms with E-state index >= 15 is 0 Å². The van der Waals surface area contributed by atoms with Gasteiger partial charge >= 0.3 is 0 Å². The Hall–Kier alpha value is 0.350. The maximum atomic E-state index is 4.22. The first-order chi connectivity index (χ1) is 5.85. The summed E-state index contributed by atoms with van der Waals surface area (Å²) in [5.74, 6) is 2.05. The van der Waals surface area contributed by atoms with Gasteiger partial charge in [0.15, 0.2) is 0 Å². The molecule has 1 unspecified atom stereocenters. The van der Waals surface area contributed by atoms with Crippen molar-refractivity contribution in [3.63, 3.8) is 0 Å². The van der Waals surface area contributed by atoms with Gasteiger partial charge in [0.05, 0.1) is 0 Å². The summed E-state index contributed by atoms with van der Waals surface area (Å²) >= 11 is 4.22. The first-order valence-corrected chi connectivity index (χ1v) is 6.09. The van der Waals surface area contributed by atoms with Crippen molar-refractivity contribution in [1.29, 1.82) is 0 Å². The third-order valence-electron chi connectivity index (χ3n) is 2.56. The molecule has 1 heteroatoms. The van der Waals surface area contributed by atoms with E-state index in [2.05, 4.69) is 26.5 Å². The third kappa shape index (κ3) is 7.02. The van der Waals surface area contributed by atoms with Crippen LogP contribution >= 0.6 is 12.6 Å². The van der Waals surface area contributed by atoms with Gasteiger partial charge in [0.2, 0.25) is 0 Å². The summed E-state index contributed by atoms with van der Waals surface area (Å²) in [6.45, 7) is 4.60. The zero-order chi connectivity index (χ0) is 9.23. The van der Waals surface area contributed by atoms with E-state index in [-0.39, 0.29) is 0 Å². The highest BCUT2D eigenvalue weighted by molar-refractivity contribution is 7.80. The minimum atomic E-state index is 0.991. The van der Waals surface area contributed by atoms with Crippen LogP contribution < -0.4 is 0 Å². The van der Waals surface area contributed by atoms with Crippen molar-refractivity contribution >= 4 is 12.6 Å². The molecular weight excluding hydrogens is 164 g/mol. The van der Waals surface area contributed by atoms with Gasteiger partial charge in [0, 0.05) is 0 Å². The van der Waals surface area contributed by atoms with Crippen LogP contribution in [0.5, 0.6) is 0 Å². The molecular formula is C11H24S. The number of unbranched alkanes of at least 4 members (excludes halogenated alkanes) is 2. The van der Waals surface area contributed by atoms with Gasteiger partial charge in [-0.25, -0.2) is 0 Å². The first-order valence-electron chi connectivity index (χ1n) is 5.46. The zero-order valence-electron chi connectivity index (χ0n) is 8.68. The Morgan fingerprint density at radius 1 is 1.00 bits per heavy atom. The molecule has 0 aliphatic carbocycles. The van der Waals surface area contributed by atoms with Crippen LogP contribution in [-0.4, -0.2) is 5.75 Å². The Morgan fingerprint density at radius 2 is 1.67 bits per heavy atom. The van der Waals surface area contributed by atoms with Crippen molar-refractivity contribution in [3.8, 4) is 0 Å². The lowest BCUT2D eigenvalue weighted by molar-refractivity contribution is 0.409. The standard InChI is InChI=1S/C11H24S/c1-3-5-8-11(4-2)9-6-7-10-12/h11-12H,3-10H2,1-2H3. The van der Waals surface area contributed by atoms with Gasteiger partial charge in [-0.05, 0) is 18.1 Å². The maximum Gasteiger partial charge on any atom is -0.00979 e. The fraction of sp³-hybridized carbons (Fsp3) is 1.00. The first kappa shape index (κ1) is 12.3. The SMILES string of the molecule is CCCCC(CC)CCCCS. The molecule has 0 saturated heterocycles. The lowest BCUT2D eigenvalue weighted by atomic mass is 9.94. The Bertz CT molecular complexity index is 81.1. The summed E-state index contributed by atoms with van der Waals surface area (Å²) in [5.41, 5.74) is 0. The molecule has 0 aromatic heterocycles. The summed E-state index contributed by atoms with van der Waals surface area (Å²) in [5, 5.41) is 0. The van der Waals surface area contributed by atoms with E-state index in [9.17, 15) is 0 Å². The monoisotopic (exact) mass is 188 g/mol. The third-order valence-corrected chi connectivity index (χ3v) is 2.88. The van der Waals surface area contributed by atoms with Crippen LogP contribution in [0.1, 0.15) is 58.8 Å². The Labute approximate surface area is 83.5 Å². The van der Waals surface area contributed by atoms with E-state index in [4.69, 9.17) is 0 Å². The van der Waals surface area contributed by atoms with Gasteiger partial charge in [-0.15, -0.1) is 0 Å². The molecule has 74 valence electrons. The normalized spacial score (nSPS) is 13.2. The Balaban J connectivity index is 3.26. The highest BCUT2D eigenvalue weighted by Gasteiger charge is 2.04. The van der Waals surface area contributed by atoms with Gasteiger partial charge in [-0.1, -0.05) is 52.4 Å². The molecule has 0 bridgehead atoms.